The molecule has 1 aromatic carbocycles. The summed E-state index contributed by atoms with van der Waals surface area (Å²) in [4.78, 5) is 103. The average Bonchev–Trinajstić information content (AvgIpc) is 1.62. The van der Waals surface area contributed by atoms with Crippen molar-refractivity contribution in [3.8, 4) is 135 Å². The van der Waals surface area contributed by atoms with Crippen molar-refractivity contribution in [1.29, 1.82) is 0 Å². The van der Waals surface area contributed by atoms with Gasteiger partial charge in [0, 0.05) is 208 Å². The Morgan fingerprint density at radius 3 is 1.06 bits per heavy atom. The molecule has 11 N–H and O–H groups in total. The molecule has 142 heavy (non-hydrogen) atoms. The number of nitrogens with one attached hydrogen (secondary N) is 11. The van der Waals surface area contributed by atoms with E-state index >= 15 is 0 Å². The van der Waals surface area contributed by atoms with Crippen molar-refractivity contribution in [3.63, 3.8) is 0 Å². The van der Waals surface area contributed by atoms with Gasteiger partial charge < -0.3 is 53.6 Å². The number of carbonyl (C=O) groups excluding carboxylic acids is 1. The van der Waals surface area contributed by atoms with E-state index in [-0.39, 0.29) is 11.8 Å². The highest BCUT2D eigenvalue weighted by Crippen LogP contribution is 2.40. The quantitative estimate of drug-likeness (QED) is 0.0300. The second-order valence-electron chi connectivity index (χ2n) is 34.9. The molecular weight excluding hydrogens is 1790 g/mol. The zero-order valence-corrected chi connectivity index (χ0v) is 75.8. The van der Waals surface area contributed by atoms with Crippen molar-refractivity contribution >= 4 is 99.9 Å². The summed E-state index contributed by atoms with van der Waals surface area (Å²) in [6.45, 7) is 3.40. The second kappa shape index (κ2) is 38.4. The minimum absolute atomic E-state index is 0.0727. The normalized spacial score (nSPS) is 13.0. The van der Waals surface area contributed by atoms with Gasteiger partial charge in [0.25, 0.3) is 0 Å². The molecule has 27 rings (SSSR count). The third kappa shape index (κ3) is 17.7. The fourth-order valence-electron chi connectivity index (χ4n) is 18.5. The summed E-state index contributed by atoms with van der Waals surface area (Å²) in [5, 5.41) is 43.4. The van der Waals surface area contributed by atoms with Crippen LogP contribution in [0.4, 0.5) is 5.69 Å². The molecule has 2 aliphatic carbocycles. The molecule has 24 aromatic heterocycles. The predicted molar refractivity (Wildman–Crippen MR) is 534 cm³/mol. The van der Waals surface area contributed by atoms with E-state index in [4.69, 9.17) is 37.6 Å². The van der Waals surface area contributed by atoms with Crippen molar-refractivity contribution in [2.24, 2.45) is 11.8 Å². The first-order valence-electron chi connectivity index (χ1n) is 46.4. The average molecular weight is 1870 g/mol. The molecule has 0 unspecified atom stereocenters. The van der Waals surface area contributed by atoms with E-state index < -0.39 is 0 Å². The Morgan fingerprint density at radius 1 is 0.317 bits per heavy atom. The maximum absolute atomic E-state index is 12.7. The minimum atomic E-state index is 0.0727. The SMILES string of the molecule is O=C(Nc1cncc(-c2cnc3n[nH]c(-c4nc5c(-c6ccoc6)cncc5[nH]4)c3c2)c1)C1CCCCC1.c1cc(-c2cncc3[nH]c(-c4[nH]nc5ncc(-c6cncc(CNCC7CCCC7)c6)cc45)nc23)co1.c1ccc(CNCc2cncc(-c3cnc4n[nH]c(-c5nc6c(-c7ccoc7)cncc6[nH]5)c4c3)c2)cc1.c1ncc(-c2cnc3n[nH]c(-c4nc5c(-c6ccoc6)cncc5[nH]4)c3c2)cn1. The lowest BCUT2D eigenvalue weighted by Crippen LogP contribution is -2.24. The van der Waals surface area contributed by atoms with Gasteiger partial charge in [-0.1, -0.05) is 62.4 Å². The minimum Gasteiger partial charge on any atom is -0.472 e. The molecule has 694 valence electrons. The van der Waals surface area contributed by atoms with E-state index in [1.165, 1.54) is 49.6 Å². The van der Waals surface area contributed by atoms with Crippen LogP contribution >= 0.6 is 0 Å². The number of aromatic amines is 8. The van der Waals surface area contributed by atoms with E-state index in [1.807, 2.05) is 97.8 Å². The lowest BCUT2D eigenvalue weighted by atomic mass is 9.88. The highest BCUT2D eigenvalue weighted by Gasteiger charge is 2.27. The molecule has 0 atom stereocenters. The number of pyridine rings is 11. The maximum atomic E-state index is 12.7. The van der Waals surface area contributed by atoms with Crippen molar-refractivity contribution < 1.29 is 22.5 Å². The smallest absolute Gasteiger partial charge is 0.227 e. The van der Waals surface area contributed by atoms with Crippen molar-refractivity contribution in [2.45, 2.75) is 77.4 Å². The zero-order valence-electron chi connectivity index (χ0n) is 75.8. The van der Waals surface area contributed by atoms with E-state index in [9.17, 15) is 4.79 Å². The molecule has 2 fully saturated rings. The van der Waals surface area contributed by atoms with E-state index in [2.05, 4.69) is 178 Å². The van der Waals surface area contributed by atoms with Gasteiger partial charge >= 0.3 is 0 Å². The topological polar surface area (TPSA) is 503 Å². The van der Waals surface area contributed by atoms with Crippen LogP contribution in [0.3, 0.4) is 0 Å². The molecule has 0 aliphatic heterocycles. The number of imidazole rings is 4. The Bertz CT molecular complexity index is 8770. The van der Waals surface area contributed by atoms with Gasteiger partial charge in [0.2, 0.25) is 5.91 Å². The lowest BCUT2D eigenvalue weighted by Gasteiger charge is -2.20. The number of hydrogen-bond donors (Lipinski definition) is 11. The van der Waals surface area contributed by atoms with Gasteiger partial charge in [-0.2, -0.15) is 20.4 Å². The monoisotopic (exact) mass is 1870 g/mol. The molecule has 1 amide bonds. The first-order valence-corrected chi connectivity index (χ1v) is 46.4. The third-order valence-electron chi connectivity index (χ3n) is 25.7. The molecule has 2 saturated carbocycles. The summed E-state index contributed by atoms with van der Waals surface area (Å²) in [6, 6.07) is 32.3. The molecule has 0 saturated heterocycles. The van der Waals surface area contributed by atoms with Crippen molar-refractivity contribution in [1.82, 2.24) is 156 Å². The van der Waals surface area contributed by atoms with Crippen LogP contribution in [0.25, 0.3) is 223 Å². The lowest BCUT2D eigenvalue weighted by molar-refractivity contribution is -0.120. The van der Waals surface area contributed by atoms with E-state index in [0.29, 0.717) is 58.1 Å². The molecular formula is C105H84N32O5. The molecule has 2 aliphatic rings. The van der Waals surface area contributed by atoms with Crippen LogP contribution in [-0.4, -0.2) is 158 Å². The van der Waals surface area contributed by atoms with Gasteiger partial charge in [-0.3, -0.25) is 60.1 Å². The zero-order chi connectivity index (χ0) is 94.6. The Labute approximate surface area is 804 Å². The van der Waals surface area contributed by atoms with E-state index in [1.54, 1.807) is 137 Å². The number of benzene rings is 1. The summed E-state index contributed by atoms with van der Waals surface area (Å²) in [5.74, 6) is 3.59. The summed E-state index contributed by atoms with van der Waals surface area (Å²) in [7, 11) is 0. The highest BCUT2D eigenvalue weighted by molar-refractivity contribution is 6.02. The van der Waals surface area contributed by atoms with Crippen LogP contribution in [0, 0.1) is 11.8 Å². The van der Waals surface area contributed by atoms with Crippen LogP contribution in [-0.2, 0) is 24.4 Å². The van der Waals surface area contributed by atoms with Gasteiger partial charge in [-0.25, -0.2) is 49.8 Å². The van der Waals surface area contributed by atoms with Gasteiger partial charge in [-0.05, 0) is 122 Å². The molecule has 0 bridgehead atoms. The van der Waals surface area contributed by atoms with Gasteiger partial charge in [-0.15, -0.1) is 0 Å². The summed E-state index contributed by atoms with van der Waals surface area (Å²) >= 11 is 0. The molecule has 25 aromatic rings. The number of H-pyrrole nitrogens is 8. The van der Waals surface area contributed by atoms with Gasteiger partial charge in [0.05, 0.1) is 130 Å². The molecule has 0 spiro atoms. The number of fused-ring (bicyclic) bond motifs is 8. The Hall–Kier alpha value is -18.8. The van der Waals surface area contributed by atoms with Crippen LogP contribution < -0.4 is 16.0 Å². The Morgan fingerprint density at radius 2 is 0.662 bits per heavy atom. The summed E-state index contributed by atoms with van der Waals surface area (Å²) in [6.07, 6.45) is 61.4. The third-order valence-corrected chi connectivity index (χ3v) is 25.7. The number of furan rings is 4. The van der Waals surface area contributed by atoms with Crippen molar-refractivity contribution in [2.75, 3.05) is 11.9 Å². The summed E-state index contributed by atoms with van der Waals surface area (Å²) < 4.78 is 21.0. The molecule has 37 heteroatoms. The van der Waals surface area contributed by atoms with Crippen molar-refractivity contribution in [3.05, 3.63) is 294 Å². The number of hydrogen-bond acceptors (Lipinski definition) is 28. The number of nitrogens with zero attached hydrogens (tertiary/aromatic N) is 21. The largest absolute Gasteiger partial charge is 0.472 e. The predicted octanol–water partition coefficient (Wildman–Crippen LogP) is 20.4. The van der Waals surface area contributed by atoms with Crippen LogP contribution in [0.1, 0.15) is 74.5 Å². The first kappa shape index (κ1) is 86.1. The van der Waals surface area contributed by atoms with E-state index in [0.717, 1.165) is 234 Å². The van der Waals surface area contributed by atoms with Crippen LogP contribution in [0.15, 0.2) is 295 Å². The number of carbonyl (C=O) groups is 1. The molecule has 24 heterocycles. The number of anilines is 1. The standard InChI is InChI=1S/C29H22N8O.C28H24N8O2.C28H26N8O.C20H12N8O/c1-2-4-18(5-3-1)10-30-11-19-8-21(13-31-12-19)22-9-23-27(36-37-28(23)33-14-22)29-34-25-16-32-15-24(26(25)35-29)20-6-7-38-17-20;37-28(16-4-2-1-3-5-16)32-20-8-18(10-29-12-20)19-9-21-25(35-36-26(21)31-11-19)27-33-23-14-30-13-22(24(23)34-27)17-6-7-38-15-17;1-2-4-17(3-1)9-29-10-18-7-20(12-30-11-18)21-8-22-26(35-36-27(22)32-13-21)28-33-24-15-31-14-23(25(24)34-28)19-5-6-37-16-19;1-2-29-9-11(1)15-7-21-8-16-17(15)26-20(25-16)18-14-3-12(6-24-19(14)28-27-18)13-4-22-10-23-5-13/h1-9,12-17,30H,10-11H2,(H,34,35)(H,33,36,37);6-16H,1-5H2,(H,32,37)(H,33,34)(H,31,35,36);5-8,11-17,29H,1-4,9-10H2,(H,33,34)(H,32,35,36);1-10H,(H,25,26)(H,24,27,28). The second-order valence-corrected chi connectivity index (χ2v) is 34.9. The van der Waals surface area contributed by atoms with Gasteiger partial charge in [0.15, 0.2) is 45.9 Å². The fourth-order valence-corrected chi connectivity index (χ4v) is 18.5. The Balaban J connectivity index is 0.000000103. The number of rotatable bonds is 22. The molecule has 0 radical (unpaired) electrons. The van der Waals surface area contributed by atoms with Crippen LogP contribution in [0.2, 0.25) is 0 Å². The first-order chi connectivity index (χ1) is 70.2. The highest BCUT2D eigenvalue weighted by atomic mass is 16.3. The van der Waals surface area contributed by atoms with Crippen LogP contribution in [0.5, 0.6) is 0 Å². The number of aromatic nitrogens is 29. The fraction of sp³-hybridized carbons (Fsp3) is 0.143. The Kier molecular flexibility index (Phi) is 23.3. The summed E-state index contributed by atoms with van der Waals surface area (Å²) in [5.41, 5.74) is 30.8. The van der Waals surface area contributed by atoms with Gasteiger partial charge in [0.1, 0.15) is 51.2 Å². The molecule has 37 nitrogen and oxygen atoms in total. The maximum Gasteiger partial charge on any atom is 0.227 e. The number of amides is 1.